The molecule has 13 heteroatoms. The van der Waals surface area contributed by atoms with Crippen molar-refractivity contribution in [3.8, 4) is 0 Å². The van der Waals surface area contributed by atoms with Gasteiger partial charge >= 0.3 is 0 Å². The van der Waals surface area contributed by atoms with Crippen LogP contribution in [0.2, 0.25) is 0 Å². The minimum Gasteiger partial charge on any atom is -0.358 e. The van der Waals surface area contributed by atoms with Crippen LogP contribution in [0.25, 0.3) is 0 Å². The maximum absolute atomic E-state index is 10.7. The van der Waals surface area contributed by atoms with Crippen LogP contribution in [0.1, 0.15) is 91.9 Å². The third-order valence-electron chi connectivity index (χ3n) is 3.99. The van der Waals surface area contributed by atoms with Gasteiger partial charge in [0.05, 0.1) is 0 Å². The van der Waals surface area contributed by atoms with E-state index in [9.17, 15) is 28.8 Å². The standard InChI is InChI=1S/C8H13O.C7H11ClO.2C3H5O.2C2H3ClO.CH3.4Y/c1-7(9)8-5-3-2-4-6-8;8-7(9)6-4-2-1-3-5-6;2*1-3(2)4;2*1-2(3)4;;;;;/h8H,1-6H2;6H,1-5H2;2*1H2,2H3;2*1H3;1H3;;;;/q-1;;2*-1;;;-1;;;;. The first-order chi connectivity index (χ1) is 15.5. The fourth-order valence-electron chi connectivity index (χ4n) is 2.75. The molecular formula is C26H43Cl3O6Y4-4. The molecule has 4 radical (unpaired) electrons. The molecule has 0 aromatic rings. The predicted octanol–water partition coefficient (Wildman–Crippen LogP) is 7.10. The molecule has 0 aliphatic heterocycles. The second-order valence-corrected chi connectivity index (χ2v) is 9.22. The van der Waals surface area contributed by atoms with E-state index in [1.54, 1.807) is 0 Å². The van der Waals surface area contributed by atoms with E-state index in [-0.39, 0.29) is 177 Å². The predicted molar refractivity (Wildman–Crippen MR) is 146 cm³/mol. The van der Waals surface area contributed by atoms with E-state index in [1.165, 1.54) is 66.2 Å². The van der Waals surface area contributed by atoms with E-state index in [0.717, 1.165) is 25.7 Å². The van der Waals surface area contributed by atoms with E-state index in [4.69, 9.17) is 11.6 Å². The number of halogens is 3. The first-order valence-corrected chi connectivity index (χ1v) is 12.2. The molecule has 6 nitrogen and oxygen atoms in total. The van der Waals surface area contributed by atoms with Crippen molar-refractivity contribution < 1.29 is 160 Å². The molecule has 0 aromatic heterocycles. The monoisotopic (exact) mass is 912 g/mol. The smallest absolute Gasteiger partial charge is 0.224 e. The van der Waals surface area contributed by atoms with Crippen LogP contribution in [0.3, 0.4) is 0 Å². The van der Waals surface area contributed by atoms with Crippen molar-refractivity contribution in [1.82, 2.24) is 0 Å². The van der Waals surface area contributed by atoms with Gasteiger partial charge in [-0.2, -0.15) is 0 Å². The van der Waals surface area contributed by atoms with Gasteiger partial charge in [-0.15, -0.1) is 0 Å². The van der Waals surface area contributed by atoms with Crippen LogP contribution in [0.15, 0.2) is 0 Å². The Morgan fingerprint density at radius 3 is 0.795 bits per heavy atom. The van der Waals surface area contributed by atoms with Crippen LogP contribution < -0.4 is 0 Å². The summed E-state index contributed by atoms with van der Waals surface area (Å²) in [5.41, 5.74) is 0. The Labute approximate surface area is 353 Å². The van der Waals surface area contributed by atoms with E-state index >= 15 is 0 Å². The van der Waals surface area contributed by atoms with Gasteiger partial charge in [0.1, 0.15) is 0 Å². The summed E-state index contributed by atoms with van der Waals surface area (Å²) < 4.78 is 0. The Hall–Kier alpha value is 2.92. The number of carbonyl (C=O) groups is 6. The minimum atomic E-state index is -0.361. The molecule has 2 fully saturated rings. The average molecular weight is 914 g/mol. The van der Waals surface area contributed by atoms with Crippen molar-refractivity contribution in [1.29, 1.82) is 0 Å². The van der Waals surface area contributed by atoms with Gasteiger partial charge in [-0.25, -0.2) is 0 Å². The molecule has 2 aliphatic carbocycles. The van der Waals surface area contributed by atoms with E-state index in [1.807, 2.05) is 0 Å². The minimum absolute atomic E-state index is 0. The third-order valence-corrected chi connectivity index (χ3v) is 4.30. The molecule has 39 heavy (non-hydrogen) atoms. The zero-order valence-electron chi connectivity index (χ0n) is 24.2. The topological polar surface area (TPSA) is 102 Å². The summed E-state index contributed by atoms with van der Waals surface area (Å²) in [6.45, 7) is 14.8. The molecule has 0 heterocycles. The fraction of sp³-hybridized carbons (Fsp3) is 0.615. The quantitative estimate of drug-likeness (QED) is 0.217. The van der Waals surface area contributed by atoms with Crippen molar-refractivity contribution in [2.75, 3.05) is 0 Å². The second kappa shape index (κ2) is 47.8. The van der Waals surface area contributed by atoms with Gasteiger partial charge in [-0.3, -0.25) is 14.4 Å². The van der Waals surface area contributed by atoms with Crippen molar-refractivity contribution >= 4 is 67.9 Å². The summed E-state index contributed by atoms with van der Waals surface area (Å²) >= 11 is 14.6. The van der Waals surface area contributed by atoms with Crippen molar-refractivity contribution in [2.24, 2.45) is 11.8 Å². The maximum atomic E-state index is 10.7. The second-order valence-electron chi connectivity index (χ2n) is 7.78. The molecule has 0 saturated heterocycles. The molecule has 0 N–H and O–H groups in total. The largest absolute Gasteiger partial charge is 0.358 e. The van der Waals surface area contributed by atoms with Gasteiger partial charge in [0.15, 0.2) is 0 Å². The Bertz CT molecular complexity index is 521. The number of ketones is 3. The van der Waals surface area contributed by atoms with E-state index in [0.29, 0.717) is 5.92 Å². The van der Waals surface area contributed by atoms with Gasteiger partial charge in [-0.05, 0) is 97.6 Å². The molecule has 0 unspecified atom stereocenters. The van der Waals surface area contributed by atoms with Gasteiger partial charge < -0.3 is 42.6 Å². The summed E-state index contributed by atoms with van der Waals surface area (Å²) in [4.78, 5) is 58.3. The van der Waals surface area contributed by atoms with Crippen LogP contribution in [0.4, 0.5) is 0 Å². The van der Waals surface area contributed by atoms with Crippen LogP contribution >= 0.6 is 34.8 Å². The van der Waals surface area contributed by atoms with Gasteiger partial charge in [0.25, 0.3) is 0 Å². The van der Waals surface area contributed by atoms with Gasteiger partial charge in [0.2, 0.25) is 15.7 Å². The molecule has 2 rings (SSSR count). The third kappa shape index (κ3) is 85.5. The first kappa shape index (κ1) is 64.8. The van der Waals surface area contributed by atoms with E-state index in [2.05, 4.69) is 44.0 Å². The van der Waals surface area contributed by atoms with Crippen LogP contribution in [0.5, 0.6) is 0 Å². The molecular weight excluding hydrogens is 870 g/mol. The fourth-order valence-corrected chi connectivity index (χ4v) is 2.97. The Balaban J connectivity index is -0.0000000404. The normalized spacial score (nSPS) is 12.7. The number of carbonyl (C=O) groups excluding carboxylic acids is 6. The van der Waals surface area contributed by atoms with Crippen LogP contribution in [-0.4, -0.2) is 33.1 Å². The molecule has 220 valence electrons. The van der Waals surface area contributed by atoms with Crippen LogP contribution in [-0.2, 0) is 160 Å². The molecule has 2 saturated carbocycles. The Morgan fingerprint density at radius 2 is 0.692 bits per heavy atom. The first-order valence-electron chi connectivity index (χ1n) is 11.1. The molecule has 0 bridgehead atoms. The maximum Gasteiger partial charge on any atom is 0.224 e. The Kier molecular flexibility index (Phi) is 79.4. The van der Waals surface area contributed by atoms with Gasteiger partial charge in [-0.1, -0.05) is 38.5 Å². The van der Waals surface area contributed by atoms with Gasteiger partial charge in [0, 0.05) is 151 Å². The van der Waals surface area contributed by atoms with Crippen LogP contribution in [0, 0.1) is 40.0 Å². The molecule has 0 amide bonds. The SMILES string of the molecule is CC(=O)Cl.CC(=O)Cl.O=C(Cl)C1CCCCC1.[CH2-]C(=O)C1CCCCC1.[CH2-]C(C)=O.[CH2-]C(C)=O.[CH3-].[Y].[Y].[Y].[Y]. The molecule has 2 aliphatic rings. The number of rotatable bonds is 2. The summed E-state index contributed by atoms with van der Waals surface area (Å²) in [5.74, 6) is 0.467. The van der Waals surface area contributed by atoms with Crippen molar-refractivity contribution in [2.45, 2.75) is 91.9 Å². The zero-order chi connectivity index (χ0) is 27.7. The average Bonchev–Trinajstić information content (AvgIpc) is 2.68. The summed E-state index contributed by atoms with van der Waals surface area (Å²) in [6.07, 6.45) is 11.6. The summed E-state index contributed by atoms with van der Waals surface area (Å²) in [7, 11) is 0. The van der Waals surface area contributed by atoms with Crippen molar-refractivity contribution in [3.05, 3.63) is 28.2 Å². The number of hydrogen-bond acceptors (Lipinski definition) is 6. The Morgan fingerprint density at radius 1 is 0.513 bits per heavy atom. The zero-order valence-corrected chi connectivity index (χ0v) is 37.9. The molecule has 0 atom stereocenters. The van der Waals surface area contributed by atoms with E-state index < -0.39 is 0 Å². The molecule has 0 aromatic carbocycles. The summed E-state index contributed by atoms with van der Waals surface area (Å²) in [6, 6.07) is 0. The number of Topliss-reactive ketones (excluding diaryl/α,β-unsaturated/α-hetero) is 3. The number of hydrogen-bond donors (Lipinski definition) is 0. The molecule has 0 spiro atoms. The van der Waals surface area contributed by atoms with Crippen molar-refractivity contribution in [3.63, 3.8) is 0 Å². The summed E-state index contributed by atoms with van der Waals surface area (Å²) in [5, 5.41) is -0.852.